The van der Waals surface area contributed by atoms with Crippen LogP contribution in [0.25, 0.3) is 11.0 Å². The van der Waals surface area contributed by atoms with Crippen LogP contribution in [0.5, 0.6) is 0 Å². The van der Waals surface area contributed by atoms with E-state index in [1.807, 2.05) is 36.4 Å². The summed E-state index contributed by atoms with van der Waals surface area (Å²) in [6.45, 7) is 0.498. The van der Waals surface area contributed by atoms with E-state index in [9.17, 15) is 4.79 Å². The van der Waals surface area contributed by atoms with Crippen molar-refractivity contribution in [1.82, 2.24) is 15.0 Å². The van der Waals surface area contributed by atoms with Gasteiger partial charge in [-0.3, -0.25) is 0 Å². The molecule has 21 heavy (non-hydrogen) atoms. The minimum atomic E-state index is -0.344. The maximum atomic E-state index is 11.4. The minimum Gasteiger partial charge on any atom is -0.465 e. The first-order chi connectivity index (χ1) is 10.3. The molecular formula is C15H14N4O2. The predicted molar refractivity (Wildman–Crippen MR) is 78.9 cm³/mol. The zero-order valence-electron chi connectivity index (χ0n) is 11.5. The molecule has 6 nitrogen and oxygen atoms in total. The molecule has 0 fully saturated rings. The summed E-state index contributed by atoms with van der Waals surface area (Å²) in [5, 5.41) is 11.4. The monoisotopic (exact) mass is 282 g/mol. The number of methoxy groups -OCH3 is 1. The van der Waals surface area contributed by atoms with Gasteiger partial charge in [-0.1, -0.05) is 17.3 Å². The number of hydrogen-bond donors (Lipinski definition) is 1. The highest BCUT2D eigenvalue weighted by Crippen LogP contribution is 2.13. The summed E-state index contributed by atoms with van der Waals surface area (Å²) < 4.78 is 6.44. The Hall–Kier alpha value is -2.89. The van der Waals surface area contributed by atoms with Crippen molar-refractivity contribution in [3.63, 3.8) is 0 Å². The Morgan fingerprint density at radius 1 is 1.19 bits per heavy atom. The van der Waals surface area contributed by atoms with Crippen molar-refractivity contribution >= 4 is 22.7 Å². The van der Waals surface area contributed by atoms with Crippen LogP contribution in [-0.4, -0.2) is 28.1 Å². The lowest BCUT2D eigenvalue weighted by molar-refractivity contribution is 0.0601. The number of anilines is 1. The highest BCUT2D eigenvalue weighted by Gasteiger charge is 2.05. The second-order valence-corrected chi connectivity index (χ2v) is 4.48. The number of esters is 1. The molecule has 0 spiro atoms. The van der Waals surface area contributed by atoms with Gasteiger partial charge in [0.25, 0.3) is 0 Å². The normalized spacial score (nSPS) is 10.5. The molecule has 0 saturated carbocycles. The van der Waals surface area contributed by atoms with Gasteiger partial charge in [0.05, 0.1) is 18.2 Å². The van der Waals surface area contributed by atoms with E-state index < -0.39 is 0 Å². The van der Waals surface area contributed by atoms with Crippen molar-refractivity contribution in [1.29, 1.82) is 0 Å². The van der Waals surface area contributed by atoms with Gasteiger partial charge in [0.2, 0.25) is 0 Å². The summed E-state index contributed by atoms with van der Waals surface area (Å²) in [5.74, 6) is -0.344. The molecule has 2 aromatic carbocycles. The first kappa shape index (κ1) is 13.1. The van der Waals surface area contributed by atoms with E-state index in [1.54, 1.807) is 16.8 Å². The summed E-state index contributed by atoms with van der Waals surface area (Å²) >= 11 is 0. The molecular weight excluding hydrogens is 268 g/mol. The number of rotatable bonds is 4. The Labute approximate surface area is 121 Å². The van der Waals surface area contributed by atoms with Gasteiger partial charge in [0.15, 0.2) is 0 Å². The number of aromatic nitrogens is 3. The lowest BCUT2D eigenvalue weighted by atomic mass is 10.2. The molecule has 106 valence electrons. The third-order valence-corrected chi connectivity index (χ3v) is 3.16. The summed E-state index contributed by atoms with van der Waals surface area (Å²) in [5.41, 5.74) is 3.24. The van der Waals surface area contributed by atoms with Crippen LogP contribution >= 0.6 is 0 Å². The molecule has 1 heterocycles. The van der Waals surface area contributed by atoms with Crippen molar-refractivity contribution in [2.75, 3.05) is 12.4 Å². The number of carbonyl (C=O) groups excluding carboxylic acids is 1. The van der Waals surface area contributed by atoms with Gasteiger partial charge in [-0.05, 0) is 36.4 Å². The molecule has 0 bridgehead atoms. The van der Waals surface area contributed by atoms with Crippen molar-refractivity contribution < 1.29 is 9.53 Å². The first-order valence-corrected chi connectivity index (χ1v) is 6.48. The smallest absolute Gasteiger partial charge is 0.337 e. The van der Waals surface area contributed by atoms with E-state index in [0.717, 1.165) is 16.7 Å². The van der Waals surface area contributed by atoms with Crippen LogP contribution in [-0.2, 0) is 11.4 Å². The summed E-state index contributed by atoms with van der Waals surface area (Å²) in [4.78, 5) is 11.4. The third kappa shape index (κ3) is 2.69. The molecule has 0 amide bonds. The van der Waals surface area contributed by atoms with E-state index in [2.05, 4.69) is 20.4 Å². The zero-order valence-corrected chi connectivity index (χ0v) is 11.5. The summed E-state index contributed by atoms with van der Waals surface area (Å²) in [7, 11) is 1.37. The molecule has 1 N–H and O–H groups in total. The van der Waals surface area contributed by atoms with Crippen LogP contribution in [0, 0.1) is 0 Å². The molecule has 6 heteroatoms. The van der Waals surface area contributed by atoms with E-state index in [1.165, 1.54) is 7.11 Å². The standard InChI is InChI=1S/C15H14N4O2/c1-21-15(20)11-6-8-12(9-7-11)16-10-19-14-5-3-2-4-13(14)17-18-19/h2-9,16H,10H2,1H3. The van der Waals surface area contributed by atoms with Crippen LogP contribution in [0.1, 0.15) is 10.4 Å². The zero-order chi connectivity index (χ0) is 14.7. The fraction of sp³-hybridized carbons (Fsp3) is 0.133. The number of hydrogen-bond acceptors (Lipinski definition) is 5. The second-order valence-electron chi connectivity index (χ2n) is 4.48. The molecule has 3 aromatic rings. The number of nitrogens with zero attached hydrogens (tertiary/aromatic N) is 3. The van der Waals surface area contributed by atoms with Crippen molar-refractivity contribution in [2.24, 2.45) is 0 Å². The van der Waals surface area contributed by atoms with Gasteiger partial charge in [-0.2, -0.15) is 0 Å². The maximum absolute atomic E-state index is 11.4. The van der Waals surface area contributed by atoms with Gasteiger partial charge in [-0.25, -0.2) is 9.48 Å². The molecule has 0 aliphatic rings. The number of benzene rings is 2. The van der Waals surface area contributed by atoms with Gasteiger partial charge in [0, 0.05) is 5.69 Å². The predicted octanol–water partition coefficient (Wildman–Crippen LogP) is 2.29. The fourth-order valence-corrected chi connectivity index (χ4v) is 2.04. The Morgan fingerprint density at radius 2 is 1.95 bits per heavy atom. The quantitative estimate of drug-likeness (QED) is 0.743. The summed E-state index contributed by atoms with van der Waals surface area (Å²) in [6, 6.07) is 14.9. The number of carbonyl (C=O) groups is 1. The minimum absolute atomic E-state index is 0.344. The van der Waals surface area contributed by atoms with Crippen LogP contribution in [0.4, 0.5) is 5.69 Å². The molecule has 0 aliphatic heterocycles. The molecule has 1 aromatic heterocycles. The lowest BCUT2D eigenvalue weighted by Gasteiger charge is -2.07. The Bertz CT molecular complexity index is 765. The van der Waals surface area contributed by atoms with Crippen molar-refractivity contribution in [3.8, 4) is 0 Å². The Kier molecular flexibility index (Phi) is 3.51. The van der Waals surface area contributed by atoms with Crippen LogP contribution < -0.4 is 5.32 Å². The summed E-state index contributed by atoms with van der Waals surface area (Å²) in [6.07, 6.45) is 0. The average Bonchev–Trinajstić information content (AvgIpc) is 2.96. The molecule has 3 rings (SSSR count). The van der Waals surface area contributed by atoms with E-state index in [0.29, 0.717) is 12.2 Å². The highest BCUT2D eigenvalue weighted by atomic mass is 16.5. The van der Waals surface area contributed by atoms with Crippen LogP contribution in [0.15, 0.2) is 48.5 Å². The number of ether oxygens (including phenoxy) is 1. The fourth-order valence-electron chi connectivity index (χ4n) is 2.04. The highest BCUT2D eigenvalue weighted by molar-refractivity contribution is 5.89. The van der Waals surface area contributed by atoms with Crippen molar-refractivity contribution in [3.05, 3.63) is 54.1 Å². The van der Waals surface area contributed by atoms with E-state index in [-0.39, 0.29) is 5.97 Å². The number of nitrogens with one attached hydrogen (secondary N) is 1. The molecule has 0 aliphatic carbocycles. The molecule has 0 radical (unpaired) electrons. The lowest BCUT2D eigenvalue weighted by Crippen LogP contribution is -2.09. The van der Waals surface area contributed by atoms with Gasteiger partial charge >= 0.3 is 5.97 Å². The maximum Gasteiger partial charge on any atom is 0.337 e. The SMILES string of the molecule is COC(=O)c1ccc(NCn2nnc3ccccc32)cc1. The van der Waals surface area contributed by atoms with E-state index >= 15 is 0 Å². The van der Waals surface area contributed by atoms with Gasteiger partial charge in [-0.15, -0.1) is 5.10 Å². The number of para-hydroxylation sites is 1. The average molecular weight is 282 g/mol. The third-order valence-electron chi connectivity index (χ3n) is 3.16. The van der Waals surface area contributed by atoms with E-state index in [4.69, 9.17) is 0 Å². The van der Waals surface area contributed by atoms with Crippen molar-refractivity contribution in [2.45, 2.75) is 6.67 Å². The molecule has 0 saturated heterocycles. The van der Waals surface area contributed by atoms with Crippen LogP contribution in [0.3, 0.4) is 0 Å². The molecule has 0 unspecified atom stereocenters. The van der Waals surface area contributed by atoms with Gasteiger partial charge in [0.1, 0.15) is 12.2 Å². The topological polar surface area (TPSA) is 69.0 Å². The van der Waals surface area contributed by atoms with Gasteiger partial charge < -0.3 is 10.1 Å². The second kappa shape index (κ2) is 5.62. The van der Waals surface area contributed by atoms with Crippen LogP contribution in [0.2, 0.25) is 0 Å². The molecule has 0 atom stereocenters. The first-order valence-electron chi connectivity index (χ1n) is 6.48. The Balaban J connectivity index is 1.71. The largest absolute Gasteiger partial charge is 0.465 e. The Morgan fingerprint density at radius 3 is 2.71 bits per heavy atom. The number of fused-ring (bicyclic) bond motifs is 1.